The average molecular weight is 385 g/mol. The van der Waals surface area contributed by atoms with E-state index in [0.717, 1.165) is 22.6 Å². The van der Waals surface area contributed by atoms with Crippen LogP contribution in [-0.4, -0.2) is 50.8 Å². The van der Waals surface area contributed by atoms with Gasteiger partial charge in [-0.05, 0) is 68.1 Å². The number of hydrogen-bond acceptors (Lipinski definition) is 4. The van der Waals surface area contributed by atoms with E-state index < -0.39 is 0 Å². The summed E-state index contributed by atoms with van der Waals surface area (Å²) < 4.78 is 11.1. The first-order valence-corrected chi connectivity index (χ1v) is 9.67. The molecule has 0 aliphatic rings. The fourth-order valence-electron chi connectivity index (χ4n) is 3.08. The van der Waals surface area contributed by atoms with Crippen molar-refractivity contribution in [2.75, 3.05) is 45.3 Å². The number of methoxy groups -OCH3 is 1. The lowest BCUT2D eigenvalue weighted by Crippen LogP contribution is -2.38. The van der Waals surface area contributed by atoms with E-state index in [9.17, 15) is 4.79 Å². The van der Waals surface area contributed by atoms with Crippen LogP contribution in [0.1, 0.15) is 22.3 Å². The maximum Gasteiger partial charge on any atom is 0.238 e. The number of carbonyl (C=O) groups is 1. The van der Waals surface area contributed by atoms with Gasteiger partial charge < -0.3 is 14.8 Å². The second kappa shape index (κ2) is 10.8. The summed E-state index contributed by atoms with van der Waals surface area (Å²) in [7, 11) is 1.67. The quantitative estimate of drug-likeness (QED) is 0.675. The molecule has 0 bridgehead atoms. The number of rotatable bonds is 10. The molecule has 5 heteroatoms. The van der Waals surface area contributed by atoms with E-state index in [1.165, 1.54) is 11.1 Å². The molecule has 152 valence electrons. The van der Waals surface area contributed by atoms with E-state index >= 15 is 0 Å². The molecule has 2 rings (SSSR count). The monoisotopic (exact) mass is 384 g/mol. The van der Waals surface area contributed by atoms with E-state index in [4.69, 9.17) is 9.47 Å². The van der Waals surface area contributed by atoms with E-state index in [2.05, 4.69) is 25.2 Å². The summed E-state index contributed by atoms with van der Waals surface area (Å²) in [5.74, 6) is 0.834. The number of carbonyl (C=O) groups excluding carboxylic acids is 1. The highest BCUT2D eigenvalue weighted by Gasteiger charge is 2.12. The van der Waals surface area contributed by atoms with Gasteiger partial charge in [0.15, 0.2) is 0 Å². The van der Waals surface area contributed by atoms with Crippen LogP contribution in [0.4, 0.5) is 5.69 Å². The summed E-state index contributed by atoms with van der Waals surface area (Å²) in [4.78, 5) is 14.6. The summed E-state index contributed by atoms with van der Waals surface area (Å²) in [6.07, 6.45) is 0. The van der Waals surface area contributed by atoms with Crippen molar-refractivity contribution in [1.82, 2.24) is 4.90 Å². The van der Waals surface area contributed by atoms with Gasteiger partial charge in [0.2, 0.25) is 5.91 Å². The van der Waals surface area contributed by atoms with Gasteiger partial charge in [-0.2, -0.15) is 0 Å². The number of aryl methyl sites for hydroxylation is 3. The van der Waals surface area contributed by atoms with Gasteiger partial charge in [0.05, 0.1) is 13.2 Å². The van der Waals surface area contributed by atoms with Crippen molar-refractivity contribution in [2.24, 2.45) is 0 Å². The molecule has 0 spiro atoms. The van der Waals surface area contributed by atoms with Gasteiger partial charge in [0.1, 0.15) is 12.4 Å². The van der Waals surface area contributed by atoms with Crippen molar-refractivity contribution in [3.63, 3.8) is 0 Å². The first-order chi connectivity index (χ1) is 13.4. The van der Waals surface area contributed by atoms with Crippen molar-refractivity contribution in [3.8, 4) is 5.75 Å². The fourth-order valence-corrected chi connectivity index (χ4v) is 3.08. The van der Waals surface area contributed by atoms with E-state index in [1.54, 1.807) is 7.11 Å². The lowest BCUT2D eigenvalue weighted by molar-refractivity contribution is -0.117. The second-order valence-electron chi connectivity index (χ2n) is 7.24. The van der Waals surface area contributed by atoms with Crippen molar-refractivity contribution >= 4 is 11.6 Å². The molecular formula is C23H32N2O3. The molecule has 0 aromatic heterocycles. The minimum Gasteiger partial charge on any atom is -0.492 e. The molecular weight excluding hydrogens is 352 g/mol. The average Bonchev–Trinajstić information content (AvgIpc) is 2.62. The van der Waals surface area contributed by atoms with Crippen molar-refractivity contribution < 1.29 is 14.3 Å². The summed E-state index contributed by atoms with van der Waals surface area (Å²) in [5, 5.41) is 3.02. The van der Waals surface area contributed by atoms with E-state index in [0.29, 0.717) is 32.8 Å². The van der Waals surface area contributed by atoms with Gasteiger partial charge >= 0.3 is 0 Å². The Kier molecular flexibility index (Phi) is 8.48. The van der Waals surface area contributed by atoms with Crippen LogP contribution in [0.3, 0.4) is 0 Å². The second-order valence-corrected chi connectivity index (χ2v) is 7.24. The highest BCUT2D eigenvalue weighted by Crippen LogP contribution is 2.18. The molecule has 0 saturated carbocycles. The van der Waals surface area contributed by atoms with E-state index in [1.807, 2.05) is 49.1 Å². The summed E-state index contributed by atoms with van der Waals surface area (Å²) in [6.45, 7) is 10.9. The SMILES string of the molecule is COCCN(CCOc1cc(C)cc(C)c1)CC(=O)Nc1cccc(C)c1C. The molecule has 5 nitrogen and oxygen atoms in total. The molecule has 0 radical (unpaired) electrons. The Morgan fingerprint density at radius 3 is 2.36 bits per heavy atom. The number of hydrogen-bond donors (Lipinski definition) is 1. The first-order valence-electron chi connectivity index (χ1n) is 9.67. The highest BCUT2D eigenvalue weighted by atomic mass is 16.5. The molecule has 0 fully saturated rings. The minimum absolute atomic E-state index is 0.0313. The van der Waals surface area contributed by atoms with E-state index in [-0.39, 0.29) is 5.91 Å². The molecule has 2 aromatic carbocycles. The third kappa shape index (κ3) is 6.98. The Bertz CT molecular complexity index is 769. The summed E-state index contributed by atoms with van der Waals surface area (Å²) >= 11 is 0. The summed E-state index contributed by atoms with van der Waals surface area (Å²) in [6, 6.07) is 12.1. The molecule has 2 aromatic rings. The van der Waals surface area contributed by atoms with Gasteiger partial charge in [-0.25, -0.2) is 0 Å². The predicted octanol–water partition coefficient (Wildman–Crippen LogP) is 3.89. The lowest BCUT2D eigenvalue weighted by atomic mass is 10.1. The number of benzene rings is 2. The van der Waals surface area contributed by atoms with Crippen molar-refractivity contribution in [2.45, 2.75) is 27.7 Å². The number of nitrogens with one attached hydrogen (secondary N) is 1. The highest BCUT2D eigenvalue weighted by molar-refractivity contribution is 5.93. The molecule has 28 heavy (non-hydrogen) atoms. The van der Waals surface area contributed by atoms with Gasteiger partial charge in [0, 0.05) is 25.9 Å². The smallest absolute Gasteiger partial charge is 0.238 e. The number of amides is 1. The van der Waals surface area contributed by atoms with Crippen LogP contribution in [0, 0.1) is 27.7 Å². The standard InChI is InChI=1S/C23H32N2O3/c1-17-13-18(2)15-21(14-17)28-12-10-25(9-11-27-5)16-23(26)24-22-8-6-7-19(3)20(22)4/h6-8,13-15H,9-12,16H2,1-5H3,(H,24,26). The van der Waals surface area contributed by atoms with Crippen LogP contribution in [0.5, 0.6) is 5.75 Å². The molecule has 0 aliphatic carbocycles. The Labute approximate surface area is 168 Å². The zero-order valence-corrected chi connectivity index (χ0v) is 17.7. The molecule has 0 aliphatic heterocycles. The third-order valence-electron chi connectivity index (χ3n) is 4.73. The molecule has 1 amide bonds. The van der Waals surface area contributed by atoms with Crippen LogP contribution in [0.15, 0.2) is 36.4 Å². The topological polar surface area (TPSA) is 50.8 Å². The lowest BCUT2D eigenvalue weighted by Gasteiger charge is -2.22. The van der Waals surface area contributed by atoms with Crippen molar-refractivity contribution in [3.05, 3.63) is 58.7 Å². The Hall–Kier alpha value is -2.37. The molecule has 0 saturated heterocycles. The van der Waals surface area contributed by atoms with Crippen LogP contribution in [-0.2, 0) is 9.53 Å². The maximum atomic E-state index is 12.5. The molecule has 0 unspecified atom stereocenters. The number of ether oxygens (including phenoxy) is 2. The number of anilines is 1. The van der Waals surface area contributed by atoms with Gasteiger partial charge in [-0.3, -0.25) is 9.69 Å². The van der Waals surface area contributed by atoms with Crippen LogP contribution < -0.4 is 10.1 Å². The molecule has 0 heterocycles. The van der Waals surface area contributed by atoms with Crippen LogP contribution in [0.2, 0.25) is 0 Å². The van der Waals surface area contributed by atoms with Crippen LogP contribution in [0.25, 0.3) is 0 Å². The molecule has 1 N–H and O–H groups in total. The Morgan fingerprint density at radius 2 is 1.68 bits per heavy atom. The zero-order chi connectivity index (χ0) is 20.5. The Balaban J connectivity index is 1.90. The maximum absolute atomic E-state index is 12.5. The number of nitrogens with zero attached hydrogens (tertiary/aromatic N) is 1. The Morgan fingerprint density at radius 1 is 1.00 bits per heavy atom. The summed E-state index contributed by atoms with van der Waals surface area (Å²) in [5.41, 5.74) is 5.48. The largest absolute Gasteiger partial charge is 0.492 e. The third-order valence-corrected chi connectivity index (χ3v) is 4.73. The van der Waals surface area contributed by atoms with Crippen molar-refractivity contribution in [1.29, 1.82) is 0 Å². The predicted molar refractivity (Wildman–Crippen MR) is 114 cm³/mol. The van der Waals surface area contributed by atoms with Gasteiger partial charge in [-0.1, -0.05) is 18.2 Å². The zero-order valence-electron chi connectivity index (χ0n) is 17.7. The van der Waals surface area contributed by atoms with Gasteiger partial charge in [-0.15, -0.1) is 0 Å². The minimum atomic E-state index is -0.0313. The molecule has 0 atom stereocenters. The van der Waals surface area contributed by atoms with Crippen LogP contribution >= 0.6 is 0 Å². The normalized spacial score (nSPS) is 10.9. The fraction of sp³-hybridized carbons (Fsp3) is 0.435. The van der Waals surface area contributed by atoms with Gasteiger partial charge in [0.25, 0.3) is 0 Å². The first kappa shape index (κ1) is 21.9.